The van der Waals surface area contributed by atoms with Crippen molar-refractivity contribution >= 4 is 5.84 Å². The molecule has 22 heavy (non-hydrogen) atoms. The summed E-state index contributed by atoms with van der Waals surface area (Å²) in [4.78, 5) is 2.99. The molecule has 1 fully saturated rings. The first kappa shape index (κ1) is 16.7. The van der Waals surface area contributed by atoms with Gasteiger partial charge < -0.3 is 9.47 Å². The Morgan fingerprint density at radius 1 is 1.18 bits per heavy atom. The Morgan fingerprint density at radius 2 is 1.73 bits per heavy atom. The molecule has 0 spiro atoms. The minimum atomic E-state index is -1.37. The number of rotatable bonds is 6. The average Bonchev–Trinajstić information content (AvgIpc) is 2.81. The van der Waals surface area contributed by atoms with Crippen molar-refractivity contribution in [2.45, 2.75) is 47.0 Å². The summed E-state index contributed by atoms with van der Waals surface area (Å²) in [5.41, 5.74) is 3.33. The summed E-state index contributed by atoms with van der Waals surface area (Å²) < 4.78 is 11.7. The molecule has 120 valence electrons. The van der Waals surface area contributed by atoms with Gasteiger partial charge in [0.2, 0.25) is 0 Å². The molecule has 0 unspecified atom stereocenters. The third-order valence-corrected chi connectivity index (χ3v) is 5.20. The van der Waals surface area contributed by atoms with Gasteiger partial charge in [-0.1, -0.05) is 20.8 Å². The van der Waals surface area contributed by atoms with E-state index in [-0.39, 0.29) is 5.84 Å². The smallest absolute Gasteiger partial charge is 0.314 e. The number of nitrogens with two attached hydrogens (primary N) is 1. The van der Waals surface area contributed by atoms with E-state index in [0.29, 0.717) is 25.6 Å². The first-order valence-corrected chi connectivity index (χ1v) is 7.80. The largest absolute Gasteiger partial charge is 0.343 e. The van der Waals surface area contributed by atoms with E-state index in [1.807, 2.05) is 20.8 Å². The molecule has 1 heterocycles. The van der Waals surface area contributed by atoms with E-state index < -0.39 is 22.2 Å². The van der Waals surface area contributed by atoms with Crippen molar-refractivity contribution < 1.29 is 14.5 Å². The van der Waals surface area contributed by atoms with E-state index in [1.165, 1.54) is 0 Å². The van der Waals surface area contributed by atoms with Crippen LogP contribution in [0.15, 0.2) is 0 Å². The van der Waals surface area contributed by atoms with Gasteiger partial charge in [-0.25, -0.2) is 4.99 Å². The summed E-state index contributed by atoms with van der Waals surface area (Å²) in [6.07, 6.45) is 0.693. The second kappa shape index (κ2) is 4.94. The number of nitrogens with zero attached hydrogens (tertiary/aromatic N) is 2. The van der Waals surface area contributed by atoms with E-state index >= 15 is 0 Å². The van der Waals surface area contributed by atoms with Gasteiger partial charge >= 0.3 is 5.91 Å². The Bertz CT molecular complexity index is 582. The topological polar surface area (TPSA) is 106 Å². The number of nitrogens with one attached hydrogen (secondary N) is 1. The Kier molecular flexibility index (Phi) is 3.76. The Morgan fingerprint density at radius 3 is 2.09 bits per heavy atom. The molecule has 0 aromatic rings. The van der Waals surface area contributed by atoms with Crippen molar-refractivity contribution in [2.24, 2.45) is 27.9 Å². The van der Waals surface area contributed by atoms with Crippen LogP contribution >= 0.6 is 0 Å². The minimum absolute atomic E-state index is 0.279. The molecule has 0 radical (unpaired) electrons. The summed E-state index contributed by atoms with van der Waals surface area (Å²) in [6, 6.07) is 4.67. The molecule has 0 bridgehead atoms. The van der Waals surface area contributed by atoms with Crippen LogP contribution in [0.3, 0.4) is 0 Å². The van der Waals surface area contributed by atoms with Crippen molar-refractivity contribution in [1.82, 2.24) is 0 Å². The van der Waals surface area contributed by atoms with E-state index in [0.717, 1.165) is 0 Å². The van der Waals surface area contributed by atoms with Crippen molar-refractivity contribution in [2.75, 3.05) is 13.2 Å². The molecule has 1 saturated carbocycles. The molecule has 2 aliphatic rings. The summed E-state index contributed by atoms with van der Waals surface area (Å²) in [5.74, 6) is -0.768. The van der Waals surface area contributed by atoms with Crippen molar-refractivity contribution in [3.63, 3.8) is 0 Å². The van der Waals surface area contributed by atoms with E-state index in [2.05, 4.69) is 31.0 Å². The molecule has 0 aromatic heterocycles. The number of ether oxygens (including phenoxy) is 2. The van der Waals surface area contributed by atoms with Crippen LogP contribution in [-0.2, 0) is 9.47 Å². The van der Waals surface area contributed by atoms with Crippen LogP contribution in [0.5, 0.6) is 0 Å². The summed E-state index contributed by atoms with van der Waals surface area (Å²) in [6.45, 7) is 10.5. The first-order valence-electron chi connectivity index (χ1n) is 7.80. The fourth-order valence-electron chi connectivity index (χ4n) is 4.67. The summed E-state index contributed by atoms with van der Waals surface area (Å²) in [5, 5.41) is 19.9. The fourth-order valence-corrected chi connectivity index (χ4v) is 4.67. The lowest BCUT2D eigenvalue weighted by atomic mass is 9.84. The molecule has 0 aromatic carbocycles. The quantitative estimate of drug-likeness (QED) is 0.684. The standard InChI is InChI=1S/C16H24N4O2/c1-6-21-16(22-7-2)15(10-18)13(5,8-11(3)4)14(15,9-17)12(19)20-16/h11H,6-8H2,1-5H3,(H2,19,20)/p+1/t13-,14-,15+/m0/s1. The molecule has 3 N–H and O–H groups in total. The third kappa shape index (κ3) is 1.42. The molecule has 0 amide bonds. The molecular weight excluding hydrogens is 280 g/mol. The van der Waals surface area contributed by atoms with Crippen LogP contribution in [0.2, 0.25) is 0 Å². The highest BCUT2D eigenvalue weighted by Gasteiger charge is 3.02. The highest BCUT2D eigenvalue weighted by Crippen LogP contribution is 2.83. The van der Waals surface area contributed by atoms with E-state index in [1.54, 1.807) is 0 Å². The average molecular weight is 305 g/mol. The third-order valence-electron chi connectivity index (χ3n) is 5.20. The number of hydrogen-bond donors (Lipinski definition) is 2. The molecule has 1 aliphatic carbocycles. The monoisotopic (exact) mass is 305 g/mol. The van der Waals surface area contributed by atoms with Gasteiger partial charge in [-0.3, -0.25) is 5.73 Å². The molecular formula is C16H25N4O2+. The summed E-state index contributed by atoms with van der Waals surface area (Å²) in [7, 11) is 0. The second-order valence-electron chi connectivity index (χ2n) is 6.67. The van der Waals surface area contributed by atoms with Crippen LogP contribution < -0.4 is 10.7 Å². The minimum Gasteiger partial charge on any atom is -0.314 e. The molecule has 3 atom stereocenters. The predicted octanol–water partition coefficient (Wildman–Crippen LogP) is 0.251. The van der Waals surface area contributed by atoms with Gasteiger partial charge in [-0.05, 0) is 26.2 Å². The fraction of sp³-hybridized carbons (Fsp3) is 0.812. The number of nitriles is 2. The highest BCUT2D eigenvalue weighted by atomic mass is 16.7. The van der Waals surface area contributed by atoms with Crippen LogP contribution in [0, 0.1) is 44.8 Å². The van der Waals surface area contributed by atoms with Crippen molar-refractivity contribution in [1.29, 1.82) is 10.5 Å². The van der Waals surface area contributed by atoms with E-state index in [9.17, 15) is 10.5 Å². The number of amidine groups is 1. The lowest BCUT2D eigenvalue weighted by molar-refractivity contribution is -0.695. The zero-order chi connectivity index (χ0) is 16.8. The summed E-state index contributed by atoms with van der Waals surface area (Å²) >= 11 is 0. The van der Waals surface area contributed by atoms with Crippen LogP contribution in [0.1, 0.15) is 41.0 Å². The van der Waals surface area contributed by atoms with Crippen LogP contribution in [-0.4, -0.2) is 25.0 Å². The zero-order valence-corrected chi connectivity index (χ0v) is 14.0. The van der Waals surface area contributed by atoms with Gasteiger partial charge in [0.05, 0.1) is 25.4 Å². The number of fused-ring (bicyclic) bond motifs is 1. The zero-order valence-electron chi connectivity index (χ0n) is 14.0. The highest BCUT2D eigenvalue weighted by molar-refractivity contribution is 5.94. The maximum atomic E-state index is 10.0. The van der Waals surface area contributed by atoms with E-state index in [4.69, 9.17) is 15.2 Å². The van der Waals surface area contributed by atoms with Gasteiger partial charge in [-0.15, -0.1) is 0 Å². The maximum Gasteiger partial charge on any atom is 0.343 e. The van der Waals surface area contributed by atoms with Gasteiger partial charge in [0.15, 0.2) is 10.8 Å². The maximum absolute atomic E-state index is 10.0. The molecule has 1 aliphatic heterocycles. The van der Waals surface area contributed by atoms with Gasteiger partial charge in [0.25, 0.3) is 5.84 Å². The molecule has 6 nitrogen and oxygen atoms in total. The SMILES string of the molecule is CCOC1(OCC)[NH+]=C(N)[C@@]2(C#N)[C@](C)(CC(C)C)[C@@]12C#N. The molecule has 6 heteroatoms. The second-order valence-corrected chi connectivity index (χ2v) is 6.67. The van der Waals surface area contributed by atoms with Gasteiger partial charge in [-0.2, -0.15) is 10.5 Å². The Hall–Kier alpha value is -1.63. The van der Waals surface area contributed by atoms with Crippen molar-refractivity contribution in [3.05, 3.63) is 0 Å². The van der Waals surface area contributed by atoms with Crippen LogP contribution in [0.25, 0.3) is 0 Å². The Labute approximate surface area is 131 Å². The molecule has 0 saturated heterocycles. The lowest BCUT2D eigenvalue weighted by Gasteiger charge is -2.32. The van der Waals surface area contributed by atoms with Gasteiger partial charge in [0.1, 0.15) is 0 Å². The van der Waals surface area contributed by atoms with Crippen molar-refractivity contribution in [3.8, 4) is 12.1 Å². The lowest BCUT2D eigenvalue weighted by Crippen LogP contribution is -2.91. The molecule has 2 rings (SSSR count). The normalized spacial score (nSPS) is 38.1. The number of hydrogen-bond acceptors (Lipinski definition) is 5. The van der Waals surface area contributed by atoms with Crippen LogP contribution in [0.4, 0.5) is 0 Å². The Balaban J connectivity index is 2.69. The predicted molar refractivity (Wildman–Crippen MR) is 79.8 cm³/mol. The first-order chi connectivity index (χ1) is 10.3. The van der Waals surface area contributed by atoms with Gasteiger partial charge in [0, 0.05) is 5.41 Å².